The first-order valence-corrected chi connectivity index (χ1v) is 11.6. The standard InChI is InChI=1S/C30H27FN2O2/c31-27-15-11-25(12-16-27)22-33(30(35)26-9-5-2-6-10-26)28-17-13-24(14-18-28)21-29(34)32-20-19-23-7-3-1-4-8-23/h1-18H,19-22H2,(H,32,34). The number of carbonyl (C=O) groups excluding carboxylic acids is 2. The molecule has 4 aromatic carbocycles. The summed E-state index contributed by atoms with van der Waals surface area (Å²) in [6.45, 7) is 0.880. The summed E-state index contributed by atoms with van der Waals surface area (Å²) in [5, 5.41) is 2.96. The van der Waals surface area contributed by atoms with Crippen molar-refractivity contribution in [3.8, 4) is 0 Å². The Kier molecular flexibility index (Phi) is 8.02. The molecule has 0 fully saturated rings. The largest absolute Gasteiger partial charge is 0.355 e. The zero-order chi connectivity index (χ0) is 24.5. The number of rotatable bonds is 9. The highest BCUT2D eigenvalue weighted by molar-refractivity contribution is 6.06. The van der Waals surface area contributed by atoms with Crippen molar-refractivity contribution in [2.45, 2.75) is 19.4 Å². The molecule has 176 valence electrons. The monoisotopic (exact) mass is 466 g/mol. The average molecular weight is 467 g/mol. The average Bonchev–Trinajstić information content (AvgIpc) is 2.90. The molecule has 0 atom stereocenters. The quantitative estimate of drug-likeness (QED) is 0.350. The molecule has 35 heavy (non-hydrogen) atoms. The Morgan fingerprint density at radius 2 is 1.29 bits per heavy atom. The van der Waals surface area contributed by atoms with Crippen molar-refractivity contribution in [3.63, 3.8) is 0 Å². The van der Waals surface area contributed by atoms with Crippen LogP contribution in [0.1, 0.15) is 27.0 Å². The lowest BCUT2D eigenvalue weighted by atomic mass is 10.1. The minimum atomic E-state index is -0.318. The zero-order valence-corrected chi connectivity index (χ0v) is 19.4. The molecule has 0 spiro atoms. The number of anilines is 1. The predicted molar refractivity (Wildman–Crippen MR) is 137 cm³/mol. The maximum atomic E-state index is 13.4. The van der Waals surface area contributed by atoms with Crippen molar-refractivity contribution in [2.75, 3.05) is 11.4 Å². The van der Waals surface area contributed by atoms with Gasteiger partial charge in [-0.25, -0.2) is 4.39 Å². The zero-order valence-electron chi connectivity index (χ0n) is 19.4. The number of hydrogen-bond donors (Lipinski definition) is 1. The molecule has 0 aliphatic rings. The number of hydrogen-bond acceptors (Lipinski definition) is 2. The SMILES string of the molecule is O=C(Cc1ccc(N(Cc2ccc(F)cc2)C(=O)c2ccccc2)cc1)NCCc1ccccc1. The Balaban J connectivity index is 1.43. The molecule has 0 saturated carbocycles. The van der Waals surface area contributed by atoms with Crippen molar-refractivity contribution >= 4 is 17.5 Å². The molecule has 0 radical (unpaired) electrons. The summed E-state index contributed by atoms with van der Waals surface area (Å²) in [6, 6.07) is 32.6. The van der Waals surface area contributed by atoms with Gasteiger partial charge < -0.3 is 10.2 Å². The first kappa shape index (κ1) is 23.9. The smallest absolute Gasteiger partial charge is 0.258 e. The van der Waals surface area contributed by atoms with E-state index < -0.39 is 0 Å². The summed E-state index contributed by atoms with van der Waals surface area (Å²) < 4.78 is 13.4. The number of nitrogens with one attached hydrogen (secondary N) is 1. The molecule has 0 aromatic heterocycles. The van der Waals surface area contributed by atoms with Gasteiger partial charge in [-0.1, -0.05) is 72.8 Å². The normalized spacial score (nSPS) is 10.5. The van der Waals surface area contributed by atoms with E-state index in [1.54, 1.807) is 29.2 Å². The van der Waals surface area contributed by atoms with Gasteiger partial charge in [-0.3, -0.25) is 9.59 Å². The lowest BCUT2D eigenvalue weighted by molar-refractivity contribution is -0.120. The number of amides is 2. The molecule has 0 bridgehead atoms. The Hall–Kier alpha value is -4.25. The second-order valence-corrected chi connectivity index (χ2v) is 8.31. The van der Waals surface area contributed by atoms with Crippen molar-refractivity contribution in [1.82, 2.24) is 5.32 Å². The Bertz CT molecular complexity index is 1240. The molecule has 4 aromatic rings. The van der Waals surface area contributed by atoms with Crippen molar-refractivity contribution < 1.29 is 14.0 Å². The second-order valence-electron chi connectivity index (χ2n) is 8.31. The van der Waals surface area contributed by atoms with Crippen LogP contribution in [0, 0.1) is 5.82 Å². The van der Waals surface area contributed by atoms with Crippen LogP contribution in [-0.4, -0.2) is 18.4 Å². The van der Waals surface area contributed by atoms with Gasteiger partial charge in [0.05, 0.1) is 13.0 Å². The molecule has 0 heterocycles. The van der Waals surface area contributed by atoms with Crippen LogP contribution in [0.4, 0.5) is 10.1 Å². The van der Waals surface area contributed by atoms with Crippen molar-refractivity contribution in [1.29, 1.82) is 0 Å². The summed E-state index contributed by atoms with van der Waals surface area (Å²) in [5.74, 6) is -0.514. The second kappa shape index (κ2) is 11.7. The van der Waals surface area contributed by atoms with Gasteiger partial charge in [0, 0.05) is 17.8 Å². The van der Waals surface area contributed by atoms with Gasteiger partial charge in [0.2, 0.25) is 5.91 Å². The molecule has 2 amide bonds. The maximum Gasteiger partial charge on any atom is 0.258 e. The van der Waals surface area contributed by atoms with E-state index in [1.165, 1.54) is 17.7 Å². The van der Waals surface area contributed by atoms with Gasteiger partial charge in [0.1, 0.15) is 5.82 Å². The van der Waals surface area contributed by atoms with E-state index in [1.807, 2.05) is 72.8 Å². The van der Waals surface area contributed by atoms with Crippen LogP contribution < -0.4 is 10.2 Å². The lowest BCUT2D eigenvalue weighted by Gasteiger charge is -2.23. The third-order valence-corrected chi connectivity index (χ3v) is 5.71. The van der Waals surface area contributed by atoms with Crippen LogP contribution in [0.2, 0.25) is 0 Å². The van der Waals surface area contributed by atoms with Gasteiger partial charge in [-0.2, -0.15) is 0 Å². The van der Waals surface area contributed by atoms with Gasteiger partial charge >= 0.3 is 0 Å². The van der Waals surface area contributed by atoms with E-state index in [2.05, 4.69) is 5.32 Å². The molecule has 5 heteroatoms. The van der Waals surface area contributed by atoms with Gasteiger partial charge in [0.15, 0.2) is 0 Å². The number of nitrogens with zero attached hydrogens (tertiary/aromatic N) is 1. The van der Waals surface area contributed by atoms with Gasteiger partial charge in [-0.05, 0) is 59.5 Å². The van der Waals surface area contributed by atoms with Gasteiger partial charge in [-0.15, -0.1) is 0 Å². The number of benzene rings is 4. The van der Waals surface area contributed by atoms with Crippen LogP contribution in [0.15, 0.2) is 109 Å². The maximum absolute atomic E-state index is 13.4. The third-order valence-electron chi connectivity index (χ3n) is 5.71. The van der Waals surface area contributed by atoms with E-state index in [0.29, 0.717) is 24.3 Å². The van der Waals surface area contributed by atoms with E-state index in [0.717, 1.165) is 17.5 Å². The molecule has 0 aliphatic heterocycles. The summed E-state index contributed by atoms with van der Waals surface area (Å²) >= 11 is 0. The first-order valence-electron chi connectivity index (χ1n) is 11.6. The fourth-order valence-electron chi connectivity index (χ4n) is 3.82. The summed E-state index contributed by atoms with van der Waals surface area (Å²) in [5.41, 5.74) is 4.13. The Morgan fingerprint density at radius 1 is 0.686 bits per heavy atom. The number of carbonyl (C=O) groups is 2. The molecule has 1 N–H and O–H groups in total. The minimum Gasteiger partial charge on any atom is -0.355 e. The fraction of sp³-hybridized carbons (Fsp3) is 0.133. The van der Waals surface area contributed by atoms with Crippen LogP contribution in [0.5, 0.6) is 0 Å². The highest BCUT2D eigenvalue weighted by Gasteiger charge is 2.18. The molecule has 4 rings (SSSR count). The van der Waals surface area contributed by atoms with Crippen LogP contribution in [0.3, 0.4) is 0 Å². The predicted octanol–water partition coefficient (Wildman–Crippen LogP) is 5.57. The molecule has 0 aliphatic carbocycles. The topological polar surface area (TPSA) is 49.4 Å². The van der Waals surface area contributed by atoms with E-state index >= 15 is 0 Å². The molecule has 0 unspecified atom stereocenters. The summed E-state index contributed by atoms with van der Waals surface area (Å²) in [6.07, 6.45) is 1.05. The molecular weight excluding hydrogens is 439 g/mol. The van der Waals surface area contributed by atoms with Crippen LogP contribution >= 0.6 is 0 Å². The summed E-state index contributed by atoms with van der Waals surface area (Å²) in [4.78, 5) is 27.3. The van der Waals surface area contributed by atoms with E-state index in [-0.39, 0.29) is 24.1 Å². The van der Waals surface area contributed by atoms with Crippen molar-refractivity contribution in [3.05, 3.63) is 137 Å². The molecule has 4 nitrogen and oxygen atoms in total. The fourth-order valence-corrected chi connectivity index (χ4v) is 3.82. The third kappa shape index (κ3) is 6.87. The van der Waals surface area contributed by atoms with Crippen molar-refractivity contribution in [2.24, 2.45) is 0 Å². The highest BCUT2D eigenvalue weighted by Crippen LogP contribution is 2.22. The van der Waals surface area contributed by atoms with E-state index in [9.17, 15) is 14.0 Å². The van der Waals surface area contributed by atoms with Crippen LogP contribution in [0.25, 0.3) is 0 Å². The van der Waals surface area contributed by atoms with Gasteiger partial charge in [0.25, 0.3) is 5.91 Å². The molecular formula is C30H27FN2O2. The Labute approximate surface area is 205 Å². The molecule has 0 saturated heterocycles. The Morgan fingerprint density at radius 3 is 1.94 bits per heavy atom. The minimum absolute atomic E-state index is 0.0442. The lowest BCUT2D eigenvalue weighted by Crippen LogP contribution is -2.30. The van der Waals surface area contributed by atoms with Crippen LogP contribution in [-0.2, 0) is 24.2 Å². The number of halogens is 1. The highest BCUT2D eigenvalue weighted by atomic mass is 19.1. The van der Waals surface area contributed by atoms with E-state index in [4.69, 9.17) is 0 Å². The summed E-state index contributed by atoms with van der Waals surface area (Å²) in [7, 11) is 0. The first-order chi connectivity index (χ1) is 17.1.